The molecule has 0 fully saturated rings. The van der Waals surface area contributed by atoms with Gasteiger partial charge in [-0.1, -0.05) is 31.2 Å². The van der Waals surface area contributed by atoms with Gasteiger partial charge in [0.15, 0.2) is 5.85 Å². The van der Waals surface area contributed by atoms with E-state index in [2.05, 4.69) is 6.92 Å². The van der Waals surface area contributed by atoms with Crippen molar-refractivity contribution in [1.82, 2.24) is 0 Å². The van der Waals surface area contributed by atoms with Crippen molar-refractivity contribution < 1.29 is 24.2 Å². The van der Waals surface area contributed by atoms with E-state index in [4.69, 9.17) is 14.5 Å². The van der Waals surface area contributed by atoms with Gasteiger partial charge in [0, 0.05) is 0 Å². The van der Waals surface area contributed by atoms with Gasteiger partial charge in [-0.15, -0.1) is 0 Å². The molecule has 6 heteroatoms. The monoisotopic (exact) mass is 308 g/mol. The third kappa shape index (κ3) is 4.16. The van der Waals surface area contributed by atoms with Crippen LogP contribution in [0.25, 0.3) is 0 Å². The maximum absolute atomic E-state index is 11.0. The van der Waals surface area contributed by atoms with Crippen molar-refractivity contribution in [3.63, 3.8) is 0 Å². The van der Waals surface area contributed by atoms with E-state index >= 15 is 0 Å². The third-order valence-corrected chi connectivity index (χ3v) is 3.97. The van der Waals surface area contributed by atoms with Gasteiger partial charge >= 0.3 is 7.60 Å². The Balaban J connectivity index is 2.14. The number of rotatable bonds is 5. The van der Waals surface area contributed by atoms with Crippen LogP contribution >= 0.6 is 7.60 Å². The molecule has 0 amide bonds. The van der Waals surface area contributed by atoms with E-state index in [0.717, 1.165) is 12.0 Å². The Morgan fingerprint density at radius 1 is 1.10 bits per heavy atom. The van der Waals surface area contributed by atoms with Gasteiger partial charge in [-0.3, -0.25) is 4.57 Å². The maximum atomic E-state index is 11.0. The molecule has 112 valence electrons. The fourth-order valence-corrected chi connectivity index (χ4v) is 2.43. The zero-order chi connectivity index (χ0) is 15.5. The van der Waals surface area contributed by atoms with Gasteiger partial charge in [-0.2, -0.15) is 0 Å². The normalized spacial score (nSPS) is 13.0. The fraction of sp³-hybridized carbons (Fsp3) is 0.200. The molecule has 0 aliphatic rings. The molecule has 2 aromatic carbocycles. The molecule has 0 aromatic heterocycles. The van der Waals surface area contributed by atoms with E-state index in [-0.39, 0.29) is 5.56 Å². The van der Waals surface area contributed by atoms with E-state index in [9.17, 15) is 9.67 Å². The van der Waals surface area contributed by atoms with Crippen molar-refractivity contribution in [2.45, 2.75) is 19.2 Å². The topological polar surface area (TPSA) is 87.0 Å². The highest BCUT2D eigenvalue weighted by molar-refractivity contribution is 7.51. The molecule has 21 heavy (non-hydrogen) atoms. The van der Waals surface area contributed by atoms with E-state index < -0.39 is 13.4 Å². The standard InChI is InChI=1S/C15H17O5P/c1-2-11-4-3-5-14(10-11)20-13-8-6-12(7-9-13)15(16)21(17,18)19/h3-10,15-16H,2H2,1H3,(H2,17,18,19). The average molecular weight is 308 g/mol. The highest BCUT2D eigenvalue weighted by Gasteiger charge is 2.27. The minimum Gasteiger partial charge on any atom is -0.457 e. The summed E-state index contributed by atoms with van der Waals surface area (Å²) in [6.45, 7) is 2.05. The van der Waals surface area contributed by atoms with Gasteiger partial charge in [0.25, 0.3) is 0 Å². The molecule has 0 heterocycles. The summed E-state index contributed by atoms with van der Waals surface area (Å²) >= 11 is 0. The largest absolute Gasteiger partial charge is 0.457 e. The molecule has 0 saturated carbocycles. The number of benzene rings is 2. The zero-order valence-electron chi connectivity index (χ0n) is 11.5. The molecule has 0 spiro atoms. The second-order valence-corrected chi connectivity index (χ2v) is 6.30. The number of aliphatic hydroxyl groups is 1. The first-order valence-electron chi connectivity index (χ1n) is 6.50. The van der Waals surface area contributed by atoms with Gasteiger partial charge in [-0.25, -0.2) is 0 Å². The van der Waals surface area contributed by atoms with Crippen molar-refractivity contribution in [2.24, 2.45) is 0 Å². The molecule has 1 atom stereocenters. The van der Waals surface area contributed by atoms with Gasteiger partial charge in [0.05, 0.1) is 0 Å². The van der Waals surface area contributed by atoms with E-state index in [1.54, 1.807) is 12.1 Å². The second-order valence-electron chi connectivity index (χ2n) is 4.63. The molecule has 0 aliphatic carbocycles. The van der Waals surface area contributed by atoms with Crippen LogP contribution in [0.4, 0.5) is 0 Å². The predicted molar refractivity (Wildman–Crippen MR) is 79.3 cm³/mol. The van der Waals surface area contributed by atoms with Crippen LogP contribution in [0.5, 0.6) is 11.5 Å². The number of aliphatic hydroxyl groups excluding tert-OH is 1. The molecule has 3 N–H and O–H groups in total. The number of aryl methyl sites for hydroxylation is 1. The van der Waals surface area contributed by atoms with Crippen LogP contribution in [0.1, 0.15) is 23.9 Å². The first kappa shape index (κ1) is 15.7. The van der Waals surface area contributed by atoms with Crippen LogP contribution in [-0.4, -0.2) is 14.9 Å². The van der Waals surface area contributed by atoms with E-state index in [1.807, 2.05) is 24.3 Å². The van der Waals surface area contributed by atoms with Crippen LogP contribution in [-0.2, 0) is 11.0 Å². The summed E-state index contributed by atoms with van der Waals surface area (Å²) in [4.78, 5) is 17.9. The second kappa shape index (κ2) is 6.41. The van der Waals surface area contributed by atoms with Crippen LogP contribution < -0.4 is 4.74 Å². The Hall–Kier alpha value is -1.65. The van der Waals surface area contributed by atoms with Crippen molar-refractivity contribution in [2.75, 3.05) is 0 Å². The van der Waals surface area contributed by atoms with Gasteiger partial charge < -0.3 is 19.6 Å². The molecule has 1 unspecified atom stereocenters. The smallest absolute Gasteiger partial charge is 0.358 e. The number of ether oxygens (including phenoxy) is 1. The first-order chi connectivity index (χ1) is 9.90. The van der Waals surface area contributed by atoms with E-state index in [0.29, 0.717) is 11.5 Å². The Morgan fingerprint density at radius 2 is 1.76 bits per heavy atom. The quantitative estimate of drug-likeness (QED) is 0.738. The summed E-state index contributed by atoms with van der Waals surface area (Å²) < 4.78 is 16.7. The average Bonchev–Trinajstić information content (AvgIpc) is 2.46. The summed E-state index contributed by atoms with van der Waals surface area (Å²) in [6.07, 6.45) is 0.907. The molecule has 2 aromatic rings. The number of hydrogen-bond acceptors (Lipinski definition) is 3. The van der Waals surface area contributed by atoms with Gasteiger partial charge in [0.2, 0.25) is 0 Å². The van der Waals surface area contributed by atoms with Crippen LogP contribution in [0.2, 0.25) is 0 Å². The summed E-state index contributed by atoms with van der Waals surface area (Å²) in [6, 6.07) is 13.7. The molecule has 5 nitrogen and oxygen atoms in total. The van der Waals surface area contributed by atoms with Crippen molar-refractivity contribution in [3.8, 4) is 11.5 Å². The summed E-state index contributed by atoms with van der Waals surface area (Å²) in [7, 11) is -4.56. The zero-order valence-corrected chi connectivity index (χ0v) is 12.4. The molecular formula is C15H17O5P. The lowest BCUT2D eigenvalue weighted by atomic mass is 10.1. The van der Waals surface area contributed by atoms with Gasteiger partial charge in [0.1, 0.15) is 11.5 Å². The van der Waals surface area contributed by atoms with Crippen LogP contribution in [0, 0.1) is 0 Å². The van der Waals surface area contributed by atoms with Crippen molar-refractivity contribution in [1.29, 1.82) is 0 Å². The molecule has 0 aliphatic heterocycles. The van der Waals surface area contributed by atoms with Crippen LogP contribution in [0.3, 0.4) is 0 Å². The Labute approximate surface area is 123 Å². The highest BCUT2D eigenvalue weighted by atomic mass is 31.2. The van der Waals surface area contributed by atoms with Crippen molar-refractivity contribution >= 4 is 7.60 Å². The maximum Gasteiger partial charge on any atom is 0.358 e. The lowest BCUT2D eigenvalue weighted by molar-refractivity contribution is 0.205. The predicted octanol–water partition coefficient (Wildman–Crippen LogP) is 3.21. The molecular weight excluding hydrogens is 291 g/mol. The van der Waals surface area contributed by atoms with Crippen LogP contribution in [0.15, 0.2) is 48.5 Å². The minimum atomic E-state index is -4.56. The lowest BCUT2D eigenvalue weighted by Gasteiger charge is -2.13. The molecule has 0 bridgehead atoms. The minimum absolute atomic E-state index is 0.151. The highest BCUT2D eigenvalue weighted by Crippen LogP contribution is 2.49. The Morgan fingerprint density at radius 3 is 2.33 bits per heavy atom. The SMILES string of the molecule is CCc1cccc(Oc2ccc(C(O)P(=O)(O)O)cc2)c1. The first-order valence-corrected chi connectivity index (χ1v) is 8.18. The molecule has 0 saturated heterocycles. The van der Waals surface area contributed by atoms with Crippen molar-refractivity contribution in [3.05, 3.63) is 59.7 Å². The Kier molecular flexibility index (Phi) is 4.80. The molecule has 0 radical (unpaired) electrons. The summed E-state index contributed by atoms with van der Waals surface area (Å²) in [5, 5.41) is 9.50. The lowest BCUT2D eigenvalue weighted by Crippen LogP contribution is -1.98. The fourth-order valence-electron chi connectivity index (χ4n) is 1.87. The van der Waals surface area contributed by atoms with E-state index in [1.165, 1.54) is 12.1 Å². The number of hydrogen-bond donors (Lipinski definition) is 3. The third-order valence-electron chi connectivity index (χ3n) is 3.04. The Bertz CT molecular complexity index is 647. The van der Waals surface area contributed by atoms with Gasteiger partial charge in [-0.05, 0) is 41.8 Å². The molecule has 2 rings (SSSR count). The summed E-state index contributed by atoms with van der Waals surface area (Å²) in [5.41, 5.74) is 1.30. The summed E-state index contributed by atoms with van der Waals surface area (Å²) in [5.74, 6) is -0.586.